The fourth-order valence-electron chi connectivity index (χ4n) is 2.84. The number of amides is 1. The van der Waals surface area contributed by atoms with Gasteiger partial charge in [0, 0.05) is 38.6 Å². The van der Waals surface area contributed by atoms with Gasteiger partial charge in [0.05, 0.1) is 13.2 Å². The summed E-state index contributed by atoms with van der Waals surface area (Å²) in [6.07, 6.45) is 3.08. The molecule has 2 N–H and O–H groups in total. The van der Waals surface area contributed by atoms with Crippen molar-refractivity contribution in [1.29, 1.82) is 0 Å². The van der Waals surface area contributed by atoms with Crippen LogP contribution in [-0.2, 0) is 9.53 Å². The van der Waals surface area contributed by atoms with Crippen LogP contribution in [0.3, 0.4) is 0 Å². The van der Waals surface area contributed by atoms with Crippen LogP contribution >= 0.6 is 0 Å². The summed E-state index contributed by atoms with van der Waals surface area (Å²) in [6, 6.07) is 0.358. The molecule has 0 spiro atoms. The van der Waals surface area contributed by atoms with Gasteiger partial charge in [-0.05, 0) is 25.3 Å². The van der Waals surface area contributed by atoms with Gasteiger partial charge in [0.2, 0.25) is 5.91 Å². The highest BCUT2D eigenvalue weighted by Gasteiger charge is 2.23. The smallest absolute Gasteiger partial charge is 0.221 e. The molecule has 0 radical (unpaired) electrons. The van der Waals surface area contributed by atoms with Crippen molar-refractivity contribution in [2.75, 3.05) is 45.9 Å². The number of morpholine rings is 1. The van der Waals surface area contributed by atoms with Crippen molar-refractivity contribution < 1.29 is 9.53 Å². The first-order valence-corrected chi connectivity index (χ1v) is 7.56. The number of hydrogen-bond acceptors (Lipinski definition) is 4. The van der Waals surface area contributed by atoms with Crippen molar-refractivity contribution in [3.8, 4) is 0 Å². The molecule has 2 rings (SSSR count). The molecule has 0 bridgehead atoms. The zero-order valence-electron chi connectivity index (χ0n) is 12.0. The molecule has 2 atom stereocenters. The fraction of sp³-hybridized carbons (Fsp3) is 0.929. The minimum atomic E-state index is 0.180. The Morgan fingerprint density at radius 2 is 2.21 bits per heavy atom. The molecular formula is C14H27N3O2. The highest BCUT2D eigenvalue weighted by atomic mass is 16.5. The minimum absolute atomic E-state index is 0.180. The lowest BCUT2D eigenvalue weighted by molar-refractivity contribution is -0.122. The van der Waals surface area contributed by atoms with Crippen molar-refractivity contribution in [3.05, 3.63) is 0 Å². The average Bonchev–Trinajstić information content (AvgIpc) is 2.43. The number of rotatable bonds is 5. The van der Waals surface area contributed by atoms with Gasteiger partial charge in [0.25, 0.3) is 0 Å². The molecule has 0 aromatic carbocycles. The SMILES string of the molecule is CC1CCCNC1CC(=O)NCCN1CCOCC1. The van der Waals surface area contributed by atoms with E-state index in [0.717, 1.165) is 45.9 Å². The second-order valence-corrected chi connectivity index (χ2v) is 5.69. The van der Waals surface area contributed by atoms with Gasteiger partial charge in [-0.15, -0.1) is 0 Å². The average molecular weight is 269 g/mol. The Morgan fingerprint density at radius 3 is 2.95 bits per heavy atom. The van der Waals surface area contributed by atoms with Gasteiger partial charge in [-0.1, -0.05) is 6.92 Å². The number of ether oxygens (including phenoxy) is 1. The second-order valence-electron chi connectivity index (χ2n) is 5.69. The third-order valence-corrected chi connectivity index (χ3v) is 4.19. The van der Waals surface area contributed by atoms with Crippen molar-refractivity contribution in [2.45, 2.75) is 32.2 Å². The summed E-state index contributed by atoms with van der Waals surface area (Å²) in [4.78, 5) is 14.2. The highest BCUT2D eigenvalue weighted by molar-refractivity contribution is 5.76. The van der Waals surface area contributed by atoms with Crippen LogP contribution in [0.4, 0.5) is 0 Å². The van der Waals surface area contributed by atoms with E-state index in [1.807, 2.05) is 0 Å². The van der Waals surface area contributed by atoms with Gasteiger partial charge in [-0.2, -0.15) is 0 Å². The van der Waals surface area contributed by atoms with E-state index in [4.69, 9.17) is 4.74 Å². The van der Waals surface area contributed by atoms with E-state index >= 15 is 0 Å². The standard InChI is InChI=1S/C14H27N3O2/c1-12-3-2-4-15-13(12)11-14(18)16-5-6-17-7-9-19-10-8-17/h12-13,15H,2-11H2,1H3,(H,16,18). The molecule has 0 aromatic heterocycles. The van der Waals surface area contributed by atoms with Gasteiger partial charge in [0.15, 0.2) is 0 Å². The molecule has 110 valence electrons. The van der Waals surface area contributed by atoms with Gasteiger partial charge in [-0.25, -0.2) is 0 Å². The minimum Gasteiger partial charge on any atom is -0.379 e. The largest absolute Gasteiger partial charge is 0.379 e. The Balaban J connectivity index is 1.58. The third-order valence-electron chi connectivity index (χ3n) is 4.19. The molecule has 2 aliphatic heterocycles. The van der Waals surface area contributed by atoms with E-state index in [0.29, 0.717) is 18.4 Å². The van der Waals surface area contributed by atoms with Crippen molar-refractivity contribution in [3.63, 3.8) is 0 Å². The first kappa shape index (κ1) is 14.8. The molecule has 5 heteroatoms. The topological polar surface area (TPSA) is 53.6 Å². The van der Waals surface area contributed by atoms with Crippen molar-refractivity contribution >= 4 is 5.91 Å². The predicted octanol–water partition coefficient (Wildman–Crippen LogP) is 0.213. The number of nitrogens with one attached hydrogen (secondary N) is 2. The lowest BCUT2D eigenvalue weighted by atomic mass is 9.90. The van der Waals surface area contributed by atoms with Gasteiger partial charge >= 0.3 is 0 Å². The zero-order chi connectivity index (χ0) is 13.5. The number of hydrogen-bond donors (Lipinski definition) is 2. The first-order valence-electron chi connectivity index (χ1n) is 7.56. The van der Waals surface area contributed by atoms with Gasteiger partial charge in [0.1, 0.15) is 0 Å². The van der Waals surface area contributed by atoms with Crippen LogP contribution in [0, 0.1) is 5.92 Å². The van der Waals surface area contributed by atoms with E-state index in [1.54, 1.807) is 0 Å². The Labute approximate surface area is 116 Å². The monoisotopic (exact) mass is 269 g/mol. The molecular weight excluding hydrogens is 242 g/mol. The molecule has 2 fully saturated rings. The maximum atomic E-state index is 11.9. The molecule has 2 aliphatic rings. The van der Waals surface area contributed by atoms with Gasteiger partial charge < -0.3 is 15.4 Å². The Hall–Kier alpha value is -0.650. The Kier molecular flexibility index (Phi) is 6.07. The molecule has 5 nitrogen and oxygen atoms in total. The highest BCUT2D eigenvalue weighted by Crippen LogP contribution is 2.17. The van der Waals surface area contributed by atoms with Gasteiger partial charge in [-0.3, -0.25) is 9.69 Å². The molecule has 19 heavy (non-hydrogen) atoms. The number of carbonyl (C=O) groups excluding carboxylic acids is 1. The molecule has 0 aliphatic carbocycles. The fourth-order valence-corrected chi connectivity index (χ4v) is 2.84. The summed E-state index contributed by atoms with van der Waals surface area (Å²) in [6.45, 7) is 8.57. The summed E-state index contributed by atoms with van der Waals surface area (Å²) < 4.78 is 5.30. The van der Waals surface area contributed by atoms with Crippen LogP contribution in [0.15, 0.2) is 0 Å². The van der Waals surface area contributed by atoms with Crippen LogP contribution in [0.25, 0.3) is 0 Å². The first-order chi connectivity index (χ1) is 9.25. The summed E-state index contributed by atoms with van der Waals surface area (Å²) in [5.41, 5.74) is 0. The van der Waals surface area contributed by atoms with Crippen LogP contribution in [0.5, 0.6) is 0 Å². The number of piperidine rings is 1. The van der Waals surface area contributed by atoms with E-state index < -0.39 is 0 Å². The van der Waals surface area contributed by atoms with Crippen LogP contribution in [-0.4, -0.2) is 62.8 Å². The lowest BCUT2D eigenvalue weighted by Gasteiger charge is -2.30. The maximum Gasteiger partial charge on any atom is 0.221 e. The molecule has 2 saturated heterocycles. The zero-order valence-corrected chi connectivity index (χ0v) is 12.0. The number of carbonyl (C=O) groups is 1. The number of nitrogens with zero attached hydrogens (tertiary/aromatic N) is 1. The molecule has 1 amide bonds. The molecule has 2 heterocycles. The van der Waals surface area contributed by atoms with Crippen molar-refractivity contribution in [1.82, 2.24) is 15.5 Å². The summed E-state index contributed by atoms with van der Waals surface area (Å²) >= 11 is 0. The van der Waals surface area contributed by atoms with E-state index in [9.17, 15) is 4.79 Å². The maximum absolute atomic E-state index is 11.9. The summed E-state index contributed by atoms with van der Waals surface area (Å²) in [5.74, 6) is 0.790. The van der Waals surface area contributed by atoms with E-state index in [-0.39, 0.29) is 5.91 Å². The Bertz CT molecular complexity index is 280. The molecule has 0 saturated carbocycles. The van der Waals surface area contributed by atoms with E-state index in [2.05, 4.69) is 22.5 Å². The third kappa shape index (κ3) is 5.09. The normalized spacial score (nSPS) is 29.1. The summed E-state index contributed by atoms with van der Waals surface area (Å²) in [7, 11) is 0. The van der Waals surface area contributed by atoms with Crippen molar-refractivity contribution in [2.24, 2.45) is 5.92 Å². The quantitative estimate of drug-likeness (QED) is 0.749. The Morgan fingerprint density at radius 1 is 1.42 bits per heavy atom. The van der Waals surface area contributed by atoms with E-state index in [1.165, 1.54) is 12.8 Å². The molecule has 2 unspecified atom stereocenters. The van der Waals surface area contributed by atoms with Crippen LogP contribution in [0.1, 0.15) is 26.2 Å². The van der Waals surface area contributed by atoms with Crippen LogP contribution < -0.4 is 10.6 Å². The lowest BCUT2D eigenvalue weighted by Crippen LogP contribution is -2.45. The molecule has 0 aromatic rings. The second kappa shape index (κ2) is 7.82. The summed E-state index contributed by atoms with van der Waals surface area (Å²) in [5, 5.41) is 6.49. The predicted molar refractivity (Wildman–Crippen MR) is 75.1 cm³/mol. The van der Waals surface area contributed by atoms with Crippen LogP contribution in [0.2, 0.25) is 0 Å².